The molecule has 0 aliphatic heterocycles. The van der Waals surface area contributed by atoms with E-state index in [1.54, 1.807) is 18.3 Å². The van der Waals surface area contributed by atoms with E-state index in [9.17, 15) is 4.39 Å². The van der Waals surface area contributed by atoms with Crippen LogP contribution in [-0.4, -0.2) is 16.5 Å². The Balaban J connectivity index is 1.53. The Morgan fingerprint density at radius 2 is 1.67 bits per heavy atom. The molecule has 24 heavy (non-hydrogen) atoms. The Hall–Kier alpha value is -2.95. The molecule has 3 aromatic rings. The minimum atomic E-state index is -0.234. The number of anilines is 2. The number of hydrogen-bond acceptors (Lipinski definition) is 4. The van der Waals surface area contributed by atoms with E-state index in [0.717, 1.165) is 18.8 Å². The van der Waals surface area contributed by atoms with Crippen LogP contribution in [0.2, 0.25) is 0 Å². The first-order valence-electron chi connectivity index (χ1n) is 7.89. The van der Waals surface area contributed by atoms with Crippen molar-refractivity contribution < 1.29 is 4.39 Å². The van der Waals surface area contributed by atoms with Crippen molar-refractivity contribution in [2.45, 2.75) is 13.0 Å². The highest BCUT2D eigenvalue weighted by molar-refractivity contribution is 5.40. The van der Waals surface area contributed by atoms with E-state index in [0.29, 0.717) is 18.1 Å². The van der Waals surface area contributed by atoms with Crippen LogP contribution in [0.25, 0.3) is 0 Å². The van der Waals surface area contributed by atoms with Gasteiger partial charge in [0.1, 0.15) is 11.6 Å². The minimum Gasteiger partial charge on any atom is -0.370 e. The first-order valence-corrected chi connectivity index (χ1v) is 7.89. The number of nitrogens with one attached hydrogen (secondary N) is 2. The molecule has 0 aliphatic carbocycles. The summed E-state index contributed by atoms with van der Waals surface area (Å²) in [5, 5.41) is 6.33. The molecule has 2 N–H and O–H groups in total. The molecule has 1 aromatic heterocycles. The van der Waals surface area contributed by atoms with Crippen LogP contribution in [0, 0.1) is 5.82 Å². The first kappa shape index (κ1) is 15.9. The molecule has 2 aromatic carbocycles. The zero-order valence-electron chi connectivity index (χ0n) is 13.2. The van der Waals surface area contributed by atoms with Gasteiger partial charge in [0.15, 0.2) is 0 Å². The summed E-state index contributed by atoms with van der Waals surface area (Å²) in [6.07, 6.45) is 2.60. The number of halogens is 1. The molecule has 122 valence electrons. The molecule has 0 aliphatic rings. The minimum absolute atomic E-state index is 0.234. The van der Waals surface area contributed by atoms with Gasteiger partial charge in [0.2, 0.25) is 5.95 Å². The predicted molar refractivity (Wildman–Crippen MR) is 94.4 cm³/mol. The third-order valence-electron chi connectivity index (χ3n) is 3.61. The SMILES string of the molecule is Fc1ccccc1CNc1nccc(NCCc2ccccc2)n1. The maximum Gasteiger partial charge on any atom is 0.224 e. The summed E-state index contributed by atoms with van der Waals surface area (Å²) in [6.45, 7) is 1.13. The number of nitrogens with zero attached hydrogens (tertiary/aromatic N) is 2. The number of benzene rings is 2. The molecule has 0 saturated heterocycles. The largest absolute Gasteiger partial charge is 0.370 e. The maximum absolute atomic E-state index is 13.6. The highest BCUT2D eigenvalue weighted by atomic mass is 19.1. The Bertz CT molecular complexity index is 777. The van der Waals surface area contributed by atoms with E-state index in [-0.39, 0.29) is 5.82 Å². The average Bonchev–Trinajstić information content (AvgIpc) is 2.62. The quantitative estimate of drug-likeness (QED) is 0.693. The van der Waals surface area contributed by atoms with Gasteiger partial charge in [-0.1, -0.05) is 48.5 Å². The van der Waals surface area contributed by atoms with E-state index in [2.05, 4.69) is 32.7 Å². The normalized spacial score (nSPS) is 10.4. The van der Waals surface area contributed by atoms with Gasteiger partial charge in [0, 0.05) is 24.8 Å². The van der Waals surface area contributed by atoms with Crippen molar-refractivity contribution >= 4 is 11.8 Å². The topological polar surface area (TPSA) is 49.8 Å². The third kappa shape index (κ3) is 4.52. The summed E-state index contributed by atoms with van der Waals surface area (Å²) in [4.78, 5) is 8.56. The molecule has 1 heterocycles. The van der Waals surface area contributed by atoms with Crippen molar-refractivity contribution in [3.63, 3.8) is 0 Å². The number of aromatic nitrogens is 2. The molecule has 0 atom stereocenters. The fraction of sp³-hybridized carbons (Fsp3) is 0.158. The molecule has 0 bridgehead atoms. The molecule has 0 radical (unpaired) electrons. The van der Waals surface area contributed by atoms with Crippen LogP contribution >= 0.6 is 0 Å². The number of hydrogen-bond donors (Lipinski definition) is 2. The summed E-state index contributed by atoms with van der Waals surface area (Å²) in [5.74, 6) is 0.988. The molecule has 5 heteroatoms. The molecule has 0 amide bonds. The lowest BCUT2D eigenvalue weighted by molar-refractivity contribution is 0.612. The molecule has 3 rings (SSSR count). The second kappa shape index (κ2) is 8.06. The second-order valence-corrected chi connectivity index (χ2v) is 5.37. The summed E-state index contributed by atoms with van der Waals surface area (Å²) in [6, 6.07) is 18.8. The highest BCUT2D eigenvalue weighted by Gasteiger charge is 2.03. The molecule has 0 saturated carbocycles. The molecule has 0 fully saturated rings. The van der Waals surface area contributed by atoms with Crippen molar-refractivity contribution in [3.8, 4) is 0 Å². The molecular weight excluding hydrogens is 303 g/mol. The summed E-state index contributed by atoms with van der Waals surface area (Å²) in [5.41, 5.74) is 1.86. The first-order chi connectivity index (χ1) is 11.8. The lowest BCUT2D eigenvalue weighted by atomic mass is 10.1. The van der Waals surface area contributed by atoms with Crippen molar-refractivity contribution in [2.75, 3.05) is 17.2 Å². The monoisotopic (exact) mass is 322 g/mol. The lowest BCUT2D eigenvalue weighted by Crippen LogP contribution is -2.09. The lowest BCUT2D eigenvalue weighted by Gasteiger charge is -2.09. The highest BCUT2D eigenvalue weighted by Crippen LogP contribution is 2.10. The van der Waals surface area contributed by atoms with Crippen LogP contribution in [0.4, 0.5) is 16.2 Å². The smallest absolute Gasteiger partial charge is 0.224 e. The number of rotatable bonds is 7. The van der Waals surface area contributed by atoms with Crippen LogP contribution in [0.15, 0.2) is 66.9 Å². The van der Waals surface area contributed by atoms with E-state index >= 15 is 0 Å². The molecule has 0 unspecified atom stereocenters. The van der Waals surface area contributed by atoms with E-state index < -0.39 is 0 Å². The molecule has 4 nitrogen and oxygen atoms in total. The van der Waals surface area contributed by atoms with Crippen molar-refractivity contribution in [1.29, 1.82) is 0 Å². The zero-order valence-corrected chi connectivity index (χ0v) is 13.2. The van der Waals surface area contributed by atoms with Gasteiger partial charge in [0.05, 0.1) is 0 Å². The fourth-order valence-corrected chi connectivity index (χ4v) is 2.34. The van der Waals surface area contributed by atoms with E-state index in [1.807, 2.05) is 30.3 Å². The van der Waals surface area contributed by atoms with Gasteiger partial charge < -0.3 is 10.6 Å². The Kier molecular flexibility index (Phi) is 5.35. The van der Waals surface area contributed by atoms with Crippen LogP contribution in [0.3, 0.4) is 0 Å². The van der Waals surface area contributed by atoms with Gasteiger partial charge in [0.25, 0.3) is 0 Å². The van der Waals surface area contributed by atoms with Gasteiger partial charge in [-0.05, 0) is 24.1 Å². The van der Waals surface area contributed by atoms with Gasteiger partial charge in [-0.15, -0.1) is 0 Å². The van der Waals surface area contributed by atoms with E-state index in [4.69, 9.17) is 0 Å². The van der Waals surface area contributed by atoms with Crippen LogP contribution in [0.5, 0.6) is 0 Å². The van der Waals surface area contributed by atoms with Gasteiger partial charge in [-0.3, -0.25) is 0 Å². The predicted octanol–water partition coefficient (Wildman–Crippen LogP) is 3.88. The Morgan fingerprint density at radius 1 is 0.875 bits per heavy atom. The second-order valence-electron chi connectivity index (χ2n) is 5.37. The third-order valence-corrected chi connectivity index (χ3v) is 3.61. The maximum atomic E-state index is 13.6. The summed E-state index contributed by atoms with van der Waals surface area (Å²) < 4.78 is 13.6. The van der Waals surface area contributed by atoms with Gasteiger partial charge >= 0.3 is 0 Å². The molecule has 0 spiro atoms. The van der Waals surface area contributed by atoms with Crippen molar-refractivity contribution in [2.24, 2.45) is 0 Å². The summed E-state index contributed by atoms with van der Waals surface area (Å²) >= 11 is 0. The zero-order chi connectivity index (χ0) is 16.6. The van der Waals surface area contributed by atoms with Crippen LogP contribution in [0.1, 0.15) is 11.1 Å². The van der Waals surface area contributed by atoms with Crippen LogP contribution in [-0.2, 0) is 13.0 Å². The average molecular weight is 322 g/mol. The van der Waals surface area contributed by atoms with Crippen LogP contribution < -0.4 is 10.6 Å². The van der Waals surface area contributed by atoms with Crippen molar-refractivity contribution in [1.82, 2.24) is 9.97 Å². The van der Waals surface area contributed by atoms with Gasteiger partial charge in [-0.2, -0.15) is 4.98 Å². The van der Waals surface area contributed by atoms with Crippen molar-refractivity contribution in [3.05, 3.63) is 83.8 Å². The van der Waals surface area contributed by atoms with Gasteiger partial charge in [-0.25, -0.2) is 9.37 Å². The Labute approximate surface area is 140 Å². The summed E-state index contributed by atoms with van der Waals surface area (Å²) in [7, 11) is 0. The standard InChI is InChI=1S/C19H19FN4/c20-17-9-5-4-8-16(17)14-23-19-22-13-11-18(24-19)21-12-10-15-6-2-1-3-7-15/h1-9,11,13H,10,12,14H2,(H2,21,22,23,24). The Morgan fingerprint density at radius 3 is 2.50 bits per heavy atom. The van der Waals surface area contributed by atoms with E-state index in [1.165, 1.54) is 11.6 Å². The fourth-order valence-electron chi connectivity index (χ4n) is 2.34. The molecular formula is C19H19FN4.